The van der Waals surface area contributed by atoms with Crippen molar-refractivity contribution in [2.24, 2.45) is 11.8 Å². The zero-order chi connectivity index (χ0) is 32.1. The van der Waals surface area contributed by atoms with Crippen LogP contribution in [0.1, 0.15) is 53.4 Å². The molecule has 0 spiro atoms. The van der Waals surface area contributed by atoms with Crippen LogP contribution in [0.25, 0.3) is 22.5 Å². The number of hydrogen-bond donors (Lipinski definition) is 1. The van der Waals surface area contributed by atoms with Crippen LogP contribution in [0.3, 0.4) is 0 Å². The Kier molecular flexibility index (Phi) is 14.1. The molecule has 2 aromatic carbocycles. The molecule has 234 valence electrons. The molecule has 4 aromatic rings. The Morgan fingerprint density at radius 3 is 1.64 bits per heavy atom. The summed E-state index contributed by atoms with van der Waals surface area (Å²) in [6, 6.07) is 22.3. The Bertz CT molecular complexity index is 1490. The Morgan fingerprint density at radius 2 is 1.18 bits per heavy atom. The van der Waals surface area contributed by atoms with Gasteiger partial charge in [0.2, 0.25) is 11.8 Å². The first-order chi connectivity index (χ1) is 21.1. The van der Waals surface area contributed by atoms with Crippen molar-refractivity contribution in [3.05, 3.63) is 91.9 Å². The number of aromatic nitrogens is 2. The fourth-order valence-corrected chi connectivity index (χ4v) is 5.12. The summed E-state index contributed by atoms with van der Waals surface area (Å²) in [5.41, 5.74) is 9.43. The molecule has 0 radical (unpaired) electrons. The monoisotopic (exact) mass is 726 g/mol. The maximum absolute atomic E-state index is 11.3. The summed E-state index contributed by atoms with van der Waals surface area (Å²) in [7, 11) is 0. The van der Waals surface area contributed by atoms with Crippen molar-refractivity contribution < 1.29 is 14.4 Å². The second kappa shape index (κ2) is 17.7. The zero-order valence-corrected chi connectivity index (χ0v) is 28.8. The molecule has 4 rings (SSSR count). The molecule has 2 heterocycles. The van der Waals surface area contributed by atoms with E-state index in [4.69, 9.17) is 15.2 Å². The average molecular weight is 729 g/mol. The summed E-state index contributed by atoms with van der Waals surface area (Å²) in [6.45, 7) is 9.95. The number of rotatable bonds is 13. The predicted molar refractivity (Wildman–Crippen MR) is 185 cm³/mol. The van der Waals surface area contributed by atoms with Gasteiger partial charge in [-0.2, -0.15) is 0 Å². The lowest BCUT2D eigenvalue weighted by atomic mass is 10.1. The third-order valence-corrected chi connectivity index (χ3v) is 7.65. The van der Waals surface area contributed by atoms with Gasteiger partial charge in [0.15, 0.2) is 5.69 Å². The van der Waals surface area contributed by atoms with Crippen LogP contribution in [0.2, 0.25) is 0 Å². The van der Waals surface area contributed by atoms with Crippen LogP contribution >= 0.6 is 31.9 Å². The zero-order valence-electron chi connectivity index (χ0n) is 25.6. The van der Waals surface area contributed by atoms with Crippen molar-refractivity contribution in [2.75, 3.05) is 18.9 Å². The minimum atomic E-state index is -0.428. The fourth-order valence-electron chi connectivity index (χ4n) is 4.25. The number of halogens is 2. The summed E-state index contributed by atoms with van der Waals surface area (Å²) < 4.78 is 12.8. The van der Waals surface area contributed by atoms with Gasteiger partial charge in [-0.1, -0.05) is 88.4 Å². The quantitative estimate of drug-likeness (QED) is 0.0828. The molecule has 0 amide bonds. The van der Waals surface area contributed by atoms with Crippen molar-refractivity contribution in [3.8, 4) is 34.3 Å². The summed E-state index contributed by atoms with van der Waals surface area (Å²) >= 11 is 6.78. The van der Waals surface area contributed by atoms with Crippen LogP contribution in [0, 0.1) is 22.0 Å². The third kappa shape index (κ3) is 10.9. The minimum absolute atomic E-state index is 0.0439. The third-order valence-electron chi connectivity index (χ3n) is 6.52. The van der Waals surface area contributed by atoms with Gasteiger partial charge in [-0.05, 0) is 75.4 Å². The van der Waals surface area contributed by atoms with Gasteiger partial charge in [0.25, 0.3) is 5.69 Å². The first-order valence-corrected chi connectivity index (χ1v) is 16.3. The van der Waals surface area contributed by atoms with Gasteiger partial charge in [0.05, 0.1) is 38.5 Å². The van der Waals surface area contributed by atoms with Gasteiger partial charge in [-0.15, -0.1) is 0 Å². The van der Waals surface area contributed by atoms with Crippen LogP contribution in [0.15, 0.2) is 81.7 Å². The molecular weight excluding hydrogens is 688 g/mol. The molecule has 0 bridgehead atoms. The van der Waals surface area contributed by atoms with Gasteiger partial charge in [-0.3, -0.25) is 10.1 Å². The second-order valence-corrected chi connectivity index (χ2v) is 12.8. The van der Waals surface area contributed by atoms with Gasteiger partial charge in [0.1, 0.15) is 0 Å². The van der Waals surface area contributed by atoms with Crippen LogP contribution < -0.4 is 15.2 Å². The Morgan fingerprint density at radius 1 is 0.750 bits per heavy atom. The largest absolute Gasteiger partial charge is 0.477 e. The summed E-state index contributed by atoms with van der Waals surface area (Å²) in [5.74, 6) is 2.30. The highest BCUT2D eigenvalue weighted by atomic mass is 79.9. The maximum atomic E-state index is 11.3. The standard InChI is InChI=1S/C17H19BrN2O3.C17H21BrN2O/c1-12(2)7-6-10-23-17-14(18)11-15(20(21)22)16(19-17)13-8-4-3-5-9-13;1-12(2)7-6-10-21-17-14(18)11-15(19)16(20-17)13-8-4-3-5-9-13/h3-5,8-9,11-12H,6-7,10H2,1-2H3;3-5,8-9,11-12H,6-7,10,19H2,1-2H3. The molecule has 2 N–H and O–H groups in total. The van der Waals surface area contributed by atoms with Crippen LogP contribution in [0.4, 0.5) is 11.4 Å². The van der Waals surface area contributed by atoms with Crippen LogP contribution in [-0.2, 0) is 0 Å². The fraction of sp³-hybridized carbons (Fsp3) is 0.353. The summed E-state index contributed by atoms with van der Waals surface area (Å²) in [4.78, 5) is 19.8. The lowest BCUT2D eigenvalue weighted by Crippen LogP contribution is -2.04. The van der Waals surface area contributed by atoms with Crippen molar-refractivity contribution in [1.29, 1.82) is 0 Å². The van der Waals surface area contributed by atoms with E-state index in [9.17, 15) is 10.1 Å². The number of nitrogens with two attached hydrogens (primary N) is 1. The van der Waals surface area contributed by atoms with E-state index in [1.54, 1.807) is 12.1 Å². The number of nitro groups is 1. The van der Waals surface area contributed by atoms with E-state index >= 15 is 0 Å². The van der Waals surface area contributed by atoms with E-state index in [2.05, 4.69) is 69.5 Å². The highest BCUT2D eigenvalue weighted by Gasteiger charge is 2.21. The highest BCUT2D eigenvalue weighted by Crippen LogP contribution is 2.36. The van der Waals surface area contributed by atoms with E-state index in [-0.39, 0.29) is 5.69 Å². The lowest BCUT2D eigenvalue weighted by molar-refractivity contribution is -0.384. The molecular formula is C34H40Br2N4O4. The number of hydrogen-bond acceptors (Lipinski definition) is 7. The average Bonchev–Trinajstić information content (AvgIpc) is 3.00. The van der Waals surface area contributed by atoms with Crippen molar-refractivity contribution >= 4 is 43.2 Å². The number of nitrogen functional groups attached to an aromatic ring is 1. The number of pyridine rings is 2. The number of ether oxygens (including phenoxy) is 2. The predicted octanol–water partition coefficient (Wildman–Crippen LogP) is 10.1. The molecule has 8 nitrogen and oxygen atoms in total. The first kappa shape index (κ1) is 35.0. The molecule has 44 heavy (non-hydrogen) atoms. The Balaban J connectivity index is 0.000000241. The van der Waals surface area contributed by atoms with E-state index in [1.807, 2.05) is 54.6 Å². The maximum Gasteiger partial charge on any atom is 0.296 e. The smallest absolute Gasteiger partial charge is 0.296 e. The van der Waals surface area contributed by atoms with Crippen LogP contribution in [0.5, 0.6) is 11.8 Å². The van der Waals surface area contributed by atoms with Gasteiger partial charge < -0.3 is 15.2 Å². The molecule has 0 unspecified atom stereocenters. The molecule has 0 aliphatic carbocycles. The Hall–Kier alpha value is -3.50. The molecule has 0 aliphatic heterocycles. The summed E-state index contributed by atoms with van der Waals surface area (Å²) in [6.07, 6.45) is 4.16. The minimum Gasteiger partial charge on any atom is -0.477 e. The number of nitrogens with zero attached hydrogens (tertiary/aromatic N) is 3. The Labute approximate surface area is 276 Å². The topological polar surface area (TPSA) is 113 Å². The van der Waals surface area contributed by atoms with Crippen LogP contribution in [-0.4, -0.2) is 28.1 Å². The highest BCUT2D eigenvalue weighted by molar-refractivity contribution is 9.10. The normalized spacial score (nSPS) is 10.8. The van der Waals surface area contributed by atoms with Gasteiger partial charge in [-0.25, -0.2) is 9.97 Å². The van der Waals surface area contributed by atoms with Crippen molar-refractivity contribution in [1.82, 2.24) is 9.97 Å². The van der Waals surface area contributed by atoms with E-state index < -0.39 is 4.92 Å². The molecule has 2 aromatic heterocycles. The molecule has 10 heteroatoms. The molecule has 0 atom stereocenters. The van der Waals surface area contributed by atoms with Gasteiger partial charge >= 0.3 is 0 Å². The molecule has 0 fully saturated rings. The van der Waals surface area contributed by atoms with Gasteiger partial charge in [0, 0.05) is 17.2 Å². The van der Waals surface area contributed by atoms with E-state index in [1.165, 1.54) is 6.07 Å². The molecule has 0 aliphatic rings. The SMILES string of the molecule is CC(C)CCCOc1nc(-c2ccccc2)c(N)cc1Br.CC(C)CCCOc1nc(-c2ccccc2)c([N+](=O)[O-])cc1Br. The second-order valence-electron chi connectivity index (χ2n) is 11.1. The summed E-state index contributed by atoms with van der Waals surface area (Å²) in [5, 5.41) is 11.3. The van der Waals surface area contributed by atoms with Crippen molar-refractivity contribution in [3.63, 3.8) is 0 Å². The number of benzene rings is 2. The van der Waals surface area contributed by atoms with E-state index in [0.717, 1.165) is 41.4 Å². The van der Waals surface area contributed by atoms with Crippen molar-refractivity contribution in [2.45, 2.75) is 53.4 Å². The molecule has 0 saturated heterocycles. The van der Waals surface area contributed by atoms with E-state index in [0.29, 0.717) is 58.2 Å². The first-order valence-electron chi connectivity index (χ1n) is 14.7. The molecule has 0 saturated carbocycles. The number of anilines is 1. The lowest BCUT2D eigenvalue weighted by Gasteiger charge is -2.12.